The van der Waals surface area contributed by atoms with Crippen molar-refractivity contribution in [3.05, 3.63) is 35.4 Å². The monoisotopic (exact) mass is 482 g/mol. The molecule has 3 aromatic carbocycles. The van der Waals surface area contributed by atoms with Gasteiger partial charge < -0.3 is 18.9 Å². The molecule has 0 unspecified atom stereocenters. The highest BCUT2D eigenvalue weighted by Crippen LogP contribution is 2.44. The summed E-state index contributed by atoms with van der Waals surface area (Å²) in [5.74, 6) is 2.82. The minimum atomic E-state index is 0.697. The van der Waals surface area contributed by atoms with Crippen LogP contribution in [0.1, 0.15) is 11.1 Å². The predicted octanol–water partition coefficient (Wildman–Crippen LogP) is 5.82. The molecule has 26 heavy (non-hydrogen) atoms. The van der Waals surface area contributed by atoms with Gasteiger partial charge in [0.05, 0.1) is 28.4 Å². The number of hydrogen-bond acceptors (Lipinski definition) is 4. The lowest BCUT2D eigenvalue weighted by molar-refractivity contribution is 0.355. The van der Waals surface area contributed by atoms with E-state index in [9.17, 15) is 0 Å². The minimum Gasteiger partial charge on any atom is -0.493 e. The Morgan fingerprint density at radius 3 is 1.04 bits per heavy atom. The van der Waals surface area contributed by atoms with Crippen LogP contribution in [0.25, 0.3) is 21.5 Å². The van der Waals surface area contributed by atoms with Crippen LogP contribution in [0, 0.1) is 0 Å². The maximum atomic E-state index is 5.52. The highest BCUT2D eigenvalue weighted by molar-refractivity contribution is 9.09. The van der Waals surface area contributed by atoms with Gasteiger partial charge >= 0.3 is 0 Å². The lowest BCUT2D eigenvalue weighted by Crippen LogP contribution is -1.98. The molecule has 0 atom stereocenters. The van der Waals surface area contributed by atoms with Crippen LogP contribution in [0.3, 0.4) is 0 Å². The quantitative estimate of drug-likeness (QED) is 0.327. The van der Waals surface area contributed by atoms with Crippen LogP contribution in [-0.2, 0) is 10.7 Å². The van der Waals surface area contributed by atoms with Crippen molar-refractivity contribution in [2.75, 3.05) is 28.4 Å². The zero-order valence-electron chi connectivity index (χ0n) is 15.1. The molecule has 0 aliphatic rings. The van der Waals surface area contributed by atoms with Gasteiger partial charge in [-0.2, -0.15) is 0 Å². The predicted molar refractivity (Wildman–Crippen MR) is 113 cm³/mol. The highest BCUT2D eigenvalue weighted by Gasteiger charge is 2.19. The van der Waals surface area contributed by atoms with Gasteiger partial charge in [-0.3, -0.25) is 0 Å². The van der Waals surface area contributed by atoms with Crippen LogP contribution >= 0.6 is 31.9 Å². The van der Waals surface area contributed by atoms with Gasteiger partial charge in [-0.1, -0.05) is 31.9 Å². The molecular formula is C20H20Br2O4. The Morgan fingerprint density at radius 1 is 0.538 bits per heavy atom. The first-order valence-corrected chi connectivity index (χ1v) is 10.2. The lowest BCUT2D eigenvalue weighted by Gasteiger charge is -2.19. The Hall–Kier alpha value is -1.66. The Kier molecular flexibility index (Phi) is 5.82. The Bertz CT molecular complexity index is 891. The van der Waals surface area contributed by atoms with E-state index in [1.165, 1.54) is 11.1 Å². The summed E-state index contributed by atoms with van der Waals surface area (Å²) >= 11 is 7.31. The molecule has 0 bridgehead atoms. The first-order valence-electron chi connectivity index (χ1n) is 8.00. The summed E-state index contributed by atoms with van der Waals surface area (Å²) < 4.78 is 22.1. The first-order chi connectivity index (χ1) is 12.6. The molecule has 0 saturated carbocycles. The molecule has 0 saturated heterocycles. The molecule has 0 spiro atoms. The fourth-order valence-electron chi connectivity index (χ4n) is 3.33. The van der Waals surface area contributed by atoms with Gasteiger partial charge in [0.2, 0.25) is 0 Å². The van der Waals surface area contributed by atoms with Gasteiger partial charge in [0.15, 0.2) is 23.0 Å². The Labute approximate surface area is 169 Å². The number of methoxy groups -OCH3 is 4. The molecule has 3 rings (SSSR count). The third-order valence-corrected chi connectivity index (χ3v) is 5.74. The van der Waals surface area contributed by atoms with E-state index in [1.807, 2.05) is 24.3 Å². The summed E-state index contributed by atoms with van der Waals surface area (Å²) in [5.41, 5.74) is 2.41. The molecule has 138 valence electrons. The second-order valence-electron chi connectivity index (χ2n) is 5.73. The van der Waals surface area contributed by atoms with Crippen molar-refractivity contribution in [2.45, 2.75) is 10.7 Å². The van der Waals surface area contributed by atoms with Gasteiger partial charge in [-0.05, 0) is 56.9 Å². The fourth-order valence-corrected chi connectivity index (χ4v) is 4.61. The number of halogens is 2. The molecule has 0 radical (unpaired) electrons. The van der Waals surface area contributed by atoms with E-state index in [1.54, 1.807) is 28.4 Å². The van der Waals surface area contributed by atoms with Crippen LogP contribution < -0.4 is 18.9 Å². The van der Waals surface area contributed by atoms with Crippen molar-refractivity contribution in [3.63, 3.8) is 0 Å². The maximum Gasteiger partial charge on any atom is 0.161 e. The largest absolute Gasteiger partial charge is 0.493 e. The van der Waals surface area contributed by atoms with Crippen LogP contribution in [0.4, 0.5) is 0 Å². The molecule has 3 aromatic rings. The fraction of sp³-hybridized carbons (Fsp3) is 0.300. The summed E-state index contributed by atoms with van der Waals surface area (Å²) in [6, 6.07) is 8.11. The van der Waals surface area contributed by atoms with E-state index in [0.29, 0.717) is 23.0 Å². The molecule has 0 heterocycles. The Morgan fingerprint density at radius 2 is 0.808 bits per heavy atom. The SMILES string of the molecule is COc1cc2c(CBr)c(CBr)c3cc(OC)c(OC)cc3c2cc1OC. The molecule has 0 aliphatic heterocycles. The molecule has 0 N–H and O–H groups in total. The molecule has 6 heteroatoms. The van der Waals surface area contributed by atoms with Gasteiger partial charge in [0, 0.05) is 10.7 Å². The zero-order chi connectivity index (χ0) is 18.8. The lowest BCUT2D eigenvalue weighted by atomic mass is 9.92. The molecule has 0 aromatic heterocycles. The van der Waals surface area contributed by atoms with Gasteiger partial charge in [-0.25, -0.2) is 0 Å². The van der Waals surface area contributed by atoms with E-state index in [2.05, 4.69) is 31.9 Å². The molecule has 0 fully saturated rings. The number of rotatable bonds is 6. The number of benzene rings is 3. The number of hydrogen-bond donors (Lipinski definition) is 0. The Balaban J connectivity index is 2.56. The topological polar surface area (TPSA) is 36.9 Å². The van der Waals surface area contributed by atoms with E-state index in [4.69, 9.17) is 18.9 Å². The summed E-state index contributed by atoms with van der Waals surface area (Å²) in [4.78, 5) is 0. The summed E-state index contributed by atoms with van der Waals surface area (Å²) in [7, 11) is 6.59. The summed E-state index contributed by atoms with van der Waals surface area (Å²) in [6.07, 6.45) is 0. The summed E-state index contributed by atoms with van der Waals surface area (Å²) in [5, 5.41) is 5.85. The van der Waals surface area contributed by atoms with Crippen molar-refractivity contribution in [1.82, 2.24) is 0 Å². The average Bonchev–Trinajstić information content (AvgIpc) is 2.70. The molecule has 0 amide bonds. The average molecular weight is 484 g/mol. The van der Waals surface area contributed by atoms with E-state index >= 15 is 0 Å². The number of fused-ring (bicyclic) bond motifs is 3. The van der Waals surface area contributed by atoms with Crippen molar-refractivity contribution in [2.24, 2.45) is 0 Å². The third kappa shape index (κ3) is 2.99. The number of ether oxygens (including phenoxy) is 4. The van der Waals surface area contributed by atoms with Crippen LogP contribution in [0.15, 0.2) is 24.3 Å². The first kappa shape index (κ1) is 19.1. The smallest absolute Gasteiger partial charge is 0.161 e. The highest BCUT2D eigenvalue weighted by atomic mass is 79.9. The van der Waals surface area contributed by atoms with Crippen LogP contribution in [0.5, 0.6) is 23.0 Å². The van der Waals surface area contributed by atoms with Crippen LogP contribution in [-0.4, -0.2) is 28.4 Å². The minimum absolute atomic E-state index is 0.697. The van der Waals surface area contributed by atoms with Gasteiger partial charge in [-0.15, -0.1) is 0 Å². The number of alkyl halides is 2. The zero-order valence-corrected chi connectivity index (χ0v) is 18.3. The van der Waals surface area contributed by atoms with Crippen molar-refractivity contribution in [3.8, 4) is 23.0 Å². The van der Waals surface area contributed by atoms with Crippen molar-refractivity contribution in [1.29, 1.82) is 0 Å². The van der Waals surface area contributed by atoms with Crippen molar-refractivity contribution >= 4 is 53.4 Å². The van der Waals surface area contributed by atoms with Gasteiger partial charge in [0.25, 0.3) is 0 Å². The van der Waals surface area contributed by atoms with E-state index in [-0.39, 0.29) is 0 Å². The van der Waals surface area contributed by atoms with Gasteiger partial charge in [0.1, 0.15) is 0 Å². The normalized spacial score (nSPS) is 11.0. The second-order valence-corrected chi connectivity index (χ2v) is 6.85. The standard InChI is InChI=1S/C20H20Br2O4/c1-23-17-5-11-12-6-18(24-2)20(26-4)8-14(12)16(10-22)15(9-21)13(11)7-19(17)25-3/h5-8H,9-10H2,1-4H3. The molecule has 4 nitrogen and oxygen atoms in total. The van der Waals surface area contributed by atoms with E-state index in [0.717, 1.165) is 32.2 Å². The van der Waals surface area contributed by atoms with E-state index < -0.39 is 0 Å². The molecular weight excluding hydrogens is 464 g/mol. The maximum absolute atomic E-state index is 5.52. The van der Waals surface area contributed by atoms with Crippen molar-refractivity contribution < 1.29 is 18.9 Å². The summed E-state index contributed by atoms with van der Waals surface area (Å²) in [6.45, 7) is 0. The molecule has 0 aliphatic carbocycles. The van der Waals surface area contributed by atoms with Crippen LogP contribution in [0.2, 0.25) is 0 Å². The third-order valence-electron chi connectivity index (χ3n) is 4.62. The second kappa shape index (κ2) is 7.92.